The van der Waals surface area contributed by atoms with E-state index in [0.29, 0.717) is 10.0 Å². The van der Waals surface area contributed by atoms with Crippen LogP contribution in [-0.2, 0) is 35.5 Å². The van der Waals surface area contributed by atoms with Crippen molar-refractivity contribution in [3.8, 4) is 0 Å². The van der Waals surface area contributed by atoms with E-state index in [4.69, 9.17) is 27.9 Å². The summed E-state index contributed by atoms with van der Waals surface area (Å²) in [4.78, 5) is 12.0. The van der Waals surface area contributed by atoms with Gasteiger partial charge in [0.25, 0.3) is 0 Å². The van der Waals surface area contributed by atoms with Crippen LogP contribution in [0.3, 0.4) is 0 Å². The SMILES string of the molecule is O=C(Cc1ccc2c(c1)CCNC2)OCc1cc(Cl)cc(Cl)c1. The second kappa shape index (κ2) is 7.35. The van der Waals surface area contributed by atoms with Crippen molar-refractivity contribution in [2.45, 2.75) is 26.0 Å². The Balaban J connectivity index is 1.59. The van der Waals surface area contributed by atoms with Crippen LogP contribution in [0.4, 0.5) is 0 Å². The van der Waals surface area contributed by atoms with Gasteiger partial charge in [-0.05, 0) is 53.4 Å². The number of ether oxygens (including phenoxy) is 1. The summed E-state index contributed by atoms with van der Waals surface area (Å²) >= 11 is 11.9. The van der Waals surface area contributed by atoms with E-state index in [9.17, 15) is 4.79 Å². The van der Waals surface area contributed by atoms with Crippen LogP contribution in [0.1, 0.15) is 22.3 Å². The number of esters is 1. The van der Waals surface area contributed by atoms with Gasteiger partial charge in [0.15, 0.2) is 0 Å². The van der Waals surface area contributed by atoms with Crippen molar-refractivity contribution < 1.29 is 9.53 Å². The van der Waals surface area contributed by atoms with E-state index in [2.05, 4.69) is 17.4 Å². The predicted molar refractivity (Wildman–Crippen MR) is 91.8 cm³/mol. The first-order chi connectivity index (χ1) is 11.1. The van der Waals surface area contributed by atoms with Crippen molar-refractivity contribution in [1.82, 2.24) is 5.32 Å². The molecule has 0 spiro atoms. The van der Waals surface area contributed by atoms with E-state index in [1.807, 2.05) is 6.07 Å². The maximum Gasteiger partial charge on any atom is 0.310 e. The van der Waals surface area contributed by atoms with Crippen LogP contribution >= 0.6 is 23.2 Å². The molecular formula is C18H17Cl2NO2. The van der Waals surface area contributed by atoms with Crippen LogP contribution in [0.5, 0.6) is 0 Å². The third-order valence-electron chi connectivity index (χ3n) is 3.83. The van der Waals surface area contributed by atoms with Crippen LogP contribution in [-0.4, -0.2) is 12.5 Å². The molecule has 0 saturated carbocycles. The summed E-state index contributed by atoms with van der Waals surface area (Å²) in [5.74, 6) is -0.255. The quantitative estimate of drug-likeness (QED) is 0.850. The van der Waals surface area contributed by atoms with Gasteiger partial charge in [-0.15, -0.1) is 0 Å². The fourth-order valence-electron chi connectivity index (χ4n) is 2.72. The molecular weight excluding hydrogens is 333 g/mol. The minimum absolute atomic E-state index is 0.175. The second-order valence-corrected chi connectivity index (χ2v) is 6.52. The van der Waals surface area contributed by atoms with E-state index in [1.54, 1.807) is 18.2 Å². The molecule has 3 rings (SSSR count). The van der Waals surface area contributed by atoms with Crippen molar-refractivity contribution in [3.63, 3.8) is 0 Å². The zero-order valence-corrected chi connectivity index (χ0v) is 14.1. The third-order valence-corrected chi connectivity index (χ3v) is 4.26. The van der Waals surface area contributed by atoms with Crippen molar-refractivity contribution in [1.29, 1.82) is 0 Å². The number of rotatable bonds is 4. The standard InChI is InChI=1S/C18H17Cl2NO2/c19-16-6-13(7-17(20)9-16)11-23-18(22)8-12-1-2-15-10-21-4-3-14(15)5-12/h1-2,5-7,9,21H,3-4,8,10-11H2. The molecule has 3 nitrogen and oxygen atoms in total. The number of hydrogen-bond acceptors (Lipinski definition) is 3. The number of carbonyl (C=O) groups is 1. The van der Waals surface area contributed by atoms with E-state index in [0.717, 1.165) is 30.6 Å². The molecule has 0 fully saturated rings. The largest absolute Gasteiger partial charge is 0.461 e. The minimum atomic E-state index is -0.255. The van der Waals surface area contributed by atoms with Crippen LogP contribution < -0.4 is 5.32 Å². The minimum Gasteiger partial charge on any atom is -0.461 e. The highest BCUT2D eigenvalue weighted by molar-refractivity contribution is 6.34. The van der Waals surface area contributed by atoms with Crippen LogP contribution in [0, 0.1) is 0 Å². The molecule has 0 bridgehead atoms. The molecule has 0 unspecified atom stereocenters. The van der Waals surface area contributed by atoms with Crippen molar-refractivity contribution >= 4 is 29.2 Å². The number of benzene rings is 2. The molecule has 0 saturated heterocycles. The van der Waals surface area contributed by atoms with E-state index >= 15 is 0 Å². The Morgan fingerprint density at radius 2 is 1.83 bits per heavy atom. The highest BCUT2D eigenvalue weighted by Crippen LogP contribution is 2.20. The van der Waals surface area contributed by atoms with Crippen molar-refractivity contribution in [2.75, 3.05) is 6.54 Å². The van der Waals surface area contributed by atoms with Crippen molar-refractivity contribution in [3.05, 3.63) is 68.7 Å². The fraction of sp³-hybridized carbons (Fsp3) is 0.278. The van der Waals surface area contributed by atoms with Gasteiger partial charge >= 0.3 is 5.97 Å². The first-order valence-electron chi connectivity index (χ1n) is 7.52. The Hall–Kier alpha value is -1.55. The fourth-order valence-corrected chi connectivity index (χ4v) is 3.29. The lowest BCUT2D eigenvalue weighted by Crippen LogP contribution is -2.23. The topological polar surface area (TPSA) is 38.3 Å². The predicted octanol–water partition coefficient (Wildman–Crippen LogP) is 3.93. The summed E-state index contributed by atoms with van der Waals surface area (Å²) in [7, 11) is 0. The molecule has 120 valence electrons. The first kappa shape index (κ1) is 16.3. The van der Waals surface area contributed by atoms with Crippen LogP contribution in [0.2, 0.25) is 10.0 Å². The van der Waals surface area contributed by atoms with Gasteiger partial charge in [-0.1, -0.05) is 41.4 Å². The summed E-state index contributed by atoms with van der Waals surface area (Å²) in [5.41, 5.74) is 4.39. The zero-order chi connectivity index (χ0) is 16.2. The molecule has 0 amide bonds. The molecule has 0 aliphatic carbocycles. The summed E-state index contributed by atoms with van der Waals surface area (Å²) in [5, 5.41) is 4.40. The zero-order valence-electron chi connectivity index (χ0n) is 12.6. The maximum atomic E-state index is 12.0. The molecule has 1 heterocycles. The molecule has 1 aliphatic rings. The number of carbonyl (C=O) groups excluding carboxylic acids is 1. The molecule has 0 atom stereocenters. The third kappa shape index (κ3) is 4.47. The summed E-state index contributed by atoms with van der Waals surface area (Å²) < 4.78 is 5.32. The lowest BCUT2D eigenvalue weighted by atomic mass is 9.97. The maximum absolute atomic E-state index is 12.0. The van der Waals surface area contributed by atoms with Gasteiger partial charge in [-0.25, -0.2) is 0 Å². The Labute approximate surface area is 145 Å². The number of halogens is 2. The van der Waals surface area contributed by atoms with Crippen molar-refractivity contribution in [2.24, 2.45) is 0 Å². The molecule has 2 aromatic carbocycles. The molecule has 0 radical (unpaired) electrons. The van der Waals surface area contributed by atoms with Gasteiger partial charge in [0.2, 0.25) is 0 Å². The summed E-state index contributed by atoms with van der Waals surface area (Å²) in [6, 6.07) is 11.3. The smallest absolute Gasteiger partial charge is 0.310 e. The molecule has 5 heteroatoms. The molecule has 1 aliphatic heterocycles. The van der Waals surface area contributed by atoms with Gasteiger partial charge in [0, 0.05) is 16.6 Å². The first-order valence-corrected chi connectivity index (χ1v) is 8.28. The summed E-state index contributed by atoms with van der Waals surface area (Å²) in [6.45, 7) is 2.06. The average molecular weight is 350 g/mol. The Morgan fingerprint density at radius 1 is 1.04 bits per heavy atom. The van der Waals surface area contributed by atoms with E-state index in [-0.39, 0.29) is 19.0 Å². The normalized spacial score (nSPS) is 13.5. The highest BCUT2D eigenvalue weighted by atomic mass is 35.5. The molecule has 23 heavy (non-hydrogen) atoms. The summed E-state index contributed by atoms with van der Waals surface area (Å²) in [6.07, 6.45) is 1.27. The monoisotopic (exact) mass is 349 g/mol. The number of hydrogen-bond donors (Lipinski definition) is 1. The van der Waals surface area contributed by atoms with Gasteiger partial charge in [-0.3, -0.25) is 4.79 Å². The Bertz CT molecular complexity index is 711. The van der Waals surface area contributed by atoms with Crippen LogP contribution in [0.15, 0.2) is 36.4 Å². The molecule has 1 N–H and O–H groups in total. The van der Waals surface area contributed by atoms with Gasteiger partial charge in [0.05, 0.1) is 6.42 Å². The van der Waals surface area contributed by atoms with Gasteiger partial charge < -0.3 is 10.1 Å². The van der Waals surface area contributed by atoms with Crippen LogP contribution in [0.25, 0.3) is 0 Å². The Morgan fingerprint density at radius 3 is 2.61 bits per heavy atom. The lowest BCUT2D eigenvalue weighted by Gasteiger charge is -2.17. The average Bonchev–Trinajstić information content (AvgIpc) is 2.52. The number of fused-ring (bicyclic) bond motifs is 1. The highest BCUT2D eigenvalue weighted by Gasteiger charge is 2.11. The molecule has 2 aromatic rings. The van der Waals surface area contributed by atoms with Gasteiger partial charge in [-0.2, -0.15) is 0 Å². The number of nitrogens with one attached hydrogen (secondary N) is 1. The molecule has 0 aromatic heterocycles. The Kier molecular flexibility index (Phi) is 5.21. The van der Waals surface area contributed by atoms with E-state index in [1.165, 1.54) is 11.1 Å². The lowest BCUT2D eigenvalue weighted by molar-refractivity contribution is -0.144. The van der Waals surface area contributed by atoms with Gasteiger partial charge in [0.1, 0.15) is 6.61 Å². The van der Waals surface area contributed by atoms with E-state index < -0.39 is 0 Å². The second-order valence-electron chi connectivity index (χ2n) is 5.64.